The van der Waals surface area contributed by atoms with Crippen molar-refractivity contribution >= 4 is 11.1 Å². The van der Waals surface area contributed by atoms with Gasteiger partial charge in [-0.3, -0.25) is 0 Å². The highest BCUT2D eigenvalue weighted by Crippen LogP contribution is 2.20. The Labute approximate surface area is 72.2 Å². The van der Waals surface area contributed by atoms with Crippen LogP contribution in [0.2, 0.25) is 0 Å². The fraction of sp³-hybridized carbons (Fsp3) is 0.125. The van der Waals surface area contributed by atoms with Crippen LogP contribution in [-0.2, 0) is 6.54 Å². The lowest BCUT2D eigenvalue weighted by atomic mass is 10.3. The topological polar surface area (TPSA) is 52.0 Å². The number of hydrogen-bond acceptors (Lipinski definition) is 3. The van der Waals surface area contributed by atoms with Crippen molar-refractivity contribution in [1.82, 2.24) is 4.98 Å². The van der Waals surface area contributed by atoms with Gasteiger partial charge in [-0.1, -0.05) is 0 Å². The van der Waals surface area contributed by atoms with Crippen molar-refractivity contribution in [2.24, 2.45) is 5.73 Å². The summed E-state index contributed by atoms with van der Waals surface area (Å²) in [5, 5.41) is 0. The third-order valence-corrected chi connectivity index (χ3v) is 1.67. The third kappa shape index (κ3) is 1.17. The molecule has 0 amide bonds. The Morgan fingerprint density at radius 2 is 2.15 bits per heavy atom. The van der Waals surface area contributed by atoms with Crippen LogP contribution >= 0.6 is 0 Å². The van der Waals surface area contributed by atoms with Gasteiger partial charge in [0.05, 0.1) is 6.54 Å². The standard InChI is InChI=1S/C8H6F2N2O/c9-4-1-2-5-8(7(4)10)13-6(3-11)12-5/h1-2H,3,11H2. The van der Waals surface area contributed by atoms with Crippen LogP contribution in [0.1, 0.15) is 5.89 Å². The Hall–Kier alpha value is -1.49. The number of rotatable bonds is 1. The van der Waals surface area contributed by atoms with Gasteiger partial charge in [0.2, 0.25) is 11.7 Å². The van der Waals surface area contributed by atoms with Crippen molar-refractivity contribution < 1.29 is 13.2 Å². The van der Waals surface area contributed by atoms with Gasteiger partial charge in [-0.25, -0.2) is 9.37 Å². The minimum Gasteiger partial charge on any atom is -0.436 e. The minimum absolute atomic E-state index is 0.0652. The second kappa shape index (κ2) is 2.77. The van der Waals surface area contributed by atoms with Crippen LogP contribution in [0.25, 0.3) is 11.1 Å². The first-order chi connectivity index (χ1) is 6.22. The molecule has 0 saturated heterocycles. The van der Waals surface area contributed by atoms with E-state index in [9.17, 15) is 8.78 Å². The highest BCUT2D eigenvalue weighted by atomic mass is 19.2. The van der Waals surface area contributed by atoms with Crippen LogP contribution in [0.3, 0.4) is 0 Å². The van der Waals surface area contributed by atoms with Gasteiger partial charge in [-0.2, -0.15) is 4.39 Å². The maximum Gasteiger partial charge on any atom is 0.209 e. The number of fused-ring (bicyclic) bond motifs is 1. The summed E-state index contributed by atoms with van der Waals surface area (Å²) < 4.78 is 30.5. The van der Waals surface area contributed by atoms with Crippen molar-refractivity contribution in [3.63, 3.8) is 0 Å². The van der Waals surface area contributed by atoms with Crippen LogP contribution in [0.5, 0.6) is 0 Å². The summed E-state index contributed by atoms with van der Waals surface area (Å²) in [6.45, 7) is 0.0652. The molecule has 3 nitrogen and oxygen atoms in total. The molecule has 0 aliphatic rings. The molecule has 13 heavy (non-hydrogen) atoms. The Bertz CT molecular complexity index is 453. The van der Waals surface area contributed by atoms with Crippen LogP contribution in [-0.4, -0.2) is 4.98 Å². The monoisotopic (exact) mass is 184 g/mol. The predicted octanol–water partition coefficient (Wildman–Crippen LogP) is 1.56. The Kier molecular flexibility index (Phi) is 1.73. The zero-order valence-corrected chi connectivity index (χ0v) is 6.55. The second-order valence-corrected chi connectivity index (χ2v) is 2.52. The first kappa shape index (κ1) is 8.12. The molecule has 0 bridgehead atoms. The molecular formula is C8H6F2N2O. The number of nitrogens with two attached hydrogens (primary N) is 1. The van der Waals surface area contributed by atoms with E-state index in [1.165, 1.54) is 6.07 Å². The Balaban J connectivity index is 2.76. The Morgan fingerprint density at radius 1 is 1.38 bits per heavy atom. The maximum absolute atomic E-state index is 13.0. The van der Waals surface area contributed by atoms with Gasteiger partial charge >= 0.3 is 0 Å². The lowest BCUT2D eigenvalue weighted by Crippen LogP contribution is -1.94. The molecular weight excluding hydrogens is 178 g/mol. The van der Waals surface area contributed by atoms with E-state index >= 15 is 0 Å². The molecule has 2 aromatic rings. The Morgan fingerprint density at radius 3 is 2.85 bits per heavy atom. The quantitative estimate of drug-likeness (QED) is 0.731. The van der Waals surface area contributed by atoms with Gasteiger partial charge in [0.25, 0.3) is 0 Å². The molecule has 0 radical (unpaired) electrons. The van der Waals surface area contributed by atoms with E-state index in [4.69, 9.17) is 10.2 Å². The molecule has 5 heteroatoms. The fourth-order valence-corrected chi connectivity index (χ4v) is 1.07. The van der Waals surface area contributed by atoms with Crippen molar-refractivity contribution in [2.75, 3.05) is 0 Å². The SMILES string of the molecule is NCc1nc2ccc(F)c(F)c2o1. The van der Waals surface area contributed by atoms with Gasteiger partial charge in [-0.05, 0) is 12.1 Å². The molecule has 0 fully saturated rings. The molecule has 0 saturated carbocycles. The number of oxazole rings is 1. The highest BCUT2D eigenvalue weighted by molar-refractivity contribution is 5.73. The largest absolute Gasteiger partial charge is 0.436 e. The highest BCUT2D eigenvalue weighted by Gasteiger charge is 2.12. The molecule has 0 spiro atoms. The van der Waals surface area contributed by atoms with Gasteiger partial charge in [0.1, 0.15) is 5.52 Å². The summed E-state index contributed by atoms with van der Waals surface area (Å²) in [4.78, 5) is 3.83. The van der Waals surface area contributed by atoms with Crippen molar-refractivity contribution in [3.05, 3.63) is 29.7 Å². The zero-order chi connectivity index (χ0) is 9.42. The average molecular weight is 184 g/mol. The molecule has 1 aromatic heterocycles. The van der Waals surface area contributed by atoms with E-state index in [0.29, 0.717) is 0 Å². The number of nitrogens with zero attached hydrogens (tertiary/aromatic N) is 1. The van der Waals surface area contributed by atoms with Crippen molar-refractivity contribution in [1.29, 1.82) is 0 Å². The lowest BCUT2D eigenvalue weighted by Gasteiger charge is -1.90. The summed E-state index contributed by atoms with van der Waals surface area (Å²) in [7, 11) is 0. The number of hydrogen-bond donors (Lipinski definition) is 1. The zero-order valence-electron chi connectivity index (χ0n) is 6.55. The minimum atomic E-state index is -1.02. The van der Waals surface area contributed by atoms with Crippen molar-refractivity contribution in [3.8, 4) is 0 Å². The van der Waals surface area contributed by atoms with Crippen LogP contribution in [0.4, 0.5) is 8.78 Å². The van der Waals surface area contributed by atoms with Gasteiger partial charge < -0.3 is 10.2 Å². The molecule has 0 unspecified atom stereocenters. The van der Waals surface area contributed by atoms with E-state index in [1.54, 1.807) is 0 Å². The summed E-state index contributed by atoms with van der Waals surface area (Å²) in [6.07, 6.45) is 0. The van der Waals surface area contributed by atoms with Gasteiger partial charge in [0, 0.05) is 0 Å². The van der Waals surface area contributed by atoms with E-state index in [1.807, 2.05) is 0 Å². The van der Waals surface area contributed by atoms with Gasteiger partial charge in [-0.15, -0.1) is 0 Å². The summed E-state index contributed by atoms with van der Waals surface area (Å²) in [5.74, 6) is -1.78. The first-order valence-corrected chi connectivity index (χ1v) is 3.66. The second-order valence-electron chi connectivity index (χ2n) is 2.52. The molecule has 0 atom stereocenters. The summed E-state index contributed by atoms with van der Waals surface area (Å²) in [5.41, 5.74) is 5.33. The molecule has 2 N–H and O–H groups in total. The van der Waals surface area contributed by atoms with Crippen molar-refractivity contribution in [2.45, 2.75) is 6.54 Å². The summed E-state index contributed by atoms with van der Waals surface area (Å²) in [6, 6.07) is 2.34. The average Bonchev–Trinajstić information content (AvgIpc) is 2.55. The number of aromatic nitrogens is 1. The summed E-state index contributed by atoms with van der Waals surface area (Å²) >= 11 is 0. The molecule has 68 valence electrons. The molecule has 2 rings (SSSR count). The van der Waals surface area contributed by atoms with Crippen LogP contribution in [0.15, 0.2) is 16.5 Å². The maximum atomic E-state index is 13.0. The molecule has 0 aliphatic heterocycles. The molecule has 0 aliphatic carbocycles. The lowest BCUT2D eigenvalue weighted by molar-refractivity contribution is 0.474. The third-order valence-electron chi connectivity index (χ3n) is 1.67. The first-order valence-electron chi connectivity index (χ1n) is 3.66. The van der Waals surface area contributed by atoms with Crippen LogP contribution < -0.4 is 5.73 Å². The van der Waals surface area contributed by atoms with E-state index in [2.05, 4.69) is 4.98 Å². The predicted molar refractivity (Wildman–Crippen MR) is 41.8 cm³/mol. The molecule has 1 aromatic carbocycles. The van der Waals surface area contributed by atoms with E-state index in [0.717, 1.165) is 6.07 Å². The number of halogens is 2. The van der Waals surface area contributed by atoms with E-state index in [-0.39, 0.29) is 23.5 Å². The normalized spacial score (nSPS) is 11.0. The smallest absolute Gasteiger partial charge is 0.209 e. The van der Waals surface area contributed by atoms with Gasteiger partial charge in [0.15, 0.2) is 11.4 Å². The van der Waals surface area contributed by atoms with E-state index < -0.39 is 11.6 Å². The molecule has 1 heterocycles. The number of benzene rings is 1. The fourth-order valence-electron chi connectivity index (χ4n) is 1.07. The van der Waals surface area contributed by atoms with Crippen LogP contribution in [0, 0.1) is 11.6 Å².